The summed E-state index contributed by atoms with van der Waals surface area (Å²) in [6, 6.07) is 14.5. The molecule has 3 N–H and O–H groups in total. The van der Waals surface area contributed by atoms with Crippen LogP contribution in [-0.2, 0) is 6.42 Å². The molecule has 2 aromatic heterocycles. The van der Waals surface area contributed by atoms with E-state index in [1.54, 1.807) is 0 Å². The molecule has 1 amide bonds. The lowest BCUT2D eigenvalue weighted by atomic mass is 9.95. The molecule has 0 aliphatic heterocycles. The number of carbonyl (C=O) groups excluding carboxylic acids is 1. The number of aryl methyl sites for hydroxylation is 2. The van der Waals surface area contributed by atoms with Crippen molar-refractivity contribution in [2.75, 3.05) is 20.1 Å². The van der Waals surface area contributed by atoms with Crippen molar-refractivity contribution in [3.63, 3.8) is 0 Å². The molecule has 30 heavy (non-hydrogen) atoms. The van der Waals surface area contributed by atoms with Crippen molar-refractivity contribution in [1.29, 1.82) is 0 Å². The Kier molecular flexibility index (Phi) is 5.55. The van der Waals surface area contributed by atoms with Gasteiger partial charge in [0, 0.05) is 34.9 Å². The molecule has 0 radical (unpaired) electrons. The van der Waals surface area contributed by atoms with Crippen molar-refractivity contribution >= 4 is 27.7 Å². The summed E-state index contributed by atoms with van der Waals surface area (Å²) in [5, 5.41) is 8.11. The van der Waals surface area contributed by atoms with Crippen LogP contribution in [0.25, 0.3) is 33.1 Å². The molecule has 154 valence electrons. The van der Waals surface area contributed by atoms with Gasteiger partial charge in [0.2, 0.25) is 0 Å². The smallest absolute Gasteiger partial charge is 0.269 e. The number of fused-ring (bicyclic) bond motifs is 3. The number of para-hydroxylation sites is 1. The number of aromatic amines is 1. The van der Waals surface area contributed by atoms with Gasteiger partial charge < -0.3 is 15.6 Å². The van der Waals surface area contributed by atoms with Crippen molar-refractivity contribution < 1.29 is 4.79 Å². The van der Waals surface area contributed by atoms with Crippen molar-refractivity contribution in [3.8, 4) is 11.3 Å². The van der Waals surface area contributed by atoms with Gasteiger partial charge in [-0.3, -0.25) is 4.79 Å². The molecule has 0 aliphatic carbocycles. The second kappa shape index (κ2) is 8.28. The first-order valence-electron chi connectivity index (χ1n) is 10.5. The summed E-state index contributed by atoms with van der Waals surface area (Å²) in [6.07, 6.45) is 0.959. The number of nitrogens with one attached hydrogen (secondary N) is 3. The molecule has 5 heteroatoms. The minimum atomic E-state index is -0.154. The summed E-state index contributed by atoms with van der Waals surface area (Å²) in [6.45, 7) is 7.74. The van der Waals surface area contributed by atoms with E-state index < -0.39 is 0 Å². The van der Waals surface area contributed by atoms with Gasteiger partial charge >= 0.3 is 0 Å². The highest BCUT2D eigenvalue weighted by molar-refractivity contribution is 6.13. The Morgan fingerprint density at radius 3 is 2.63 bits per heavy atom. The summed E-state index contributed by atoms with van der Waals surface area (Å²) < 4.78 is 0. The van der Waals surface area contributed by atoms with Crippen LogP contribution in [0, 0.1) is 13.8 Å². The molecule has 0 fully saturated rings. The number of nitrogens with zero attached hydrogens (tertiary/aromatic N) is 1. The molecule has 4 rings (SSSR count). The Hall–Kier alpha value is -3.18. The van der Waals surface area contributed by atoms with Crippen molar-refractivity contribution in [1.82, 2.24) is 20.6 Å². The molecule has 2 heterocycles. The molecular formula is C25H28N4O. The number of amides is 1. The summed E-state index contributed by atoms with van der Waals surface area (Å²) >= 11 is 0. The molecule has 4 aromatic rings. The Labute approximate surface area is 176 Å². The number of likely N-dealkylation sites (N-methyl/N-ethyl adjacent to an activating group) is 1. The third-order valence-corrected chi connectivity index (χ3v) is 5.82. The minimum Gasteiger partial charge on any atom is -0.353 e. The molecule has 5 nitrogen and oxygen atoms in total. The van der Waals surface area contributed by atoms with Crippen LogP contribution in [0.2, 0.25) is 0 Å². The zero-order valence-corrected chi connectivity index (χ0v) is 18.0. The second-order valence-corrected chi connectivity index (χ2v) is 7.74. The number of carbonyl (C=O) groups is 1. The van der Waals surface area contributed by atoms with Crippen molar-refractivity contribution in [3.05, 3.63) is 64.8 Å². The molecule has 2 aromatic carbocycles. The average Bonchev–Trinajstić information content (AvgIpc) is 3.13. The second-order valence-electron chi connectivity index (χ2n) is 7.74. The first-order chi connectivity index (χ1) is 14.5. The van der Waals surface area contributed by atoms with Gasteiger partial charge in [-0.1, -0.05) is 25.1 Å². The fraction of sp³-hybridized carbons (Fsp3) is 0.280. The predicted molar refractivity (Wildman–Crippen MR) is 124 cm³/mol. The Bertz CT molecular complexity index is 1240. The number of hydrogen-bond acceptors (Lipinski definition) is 3. The summed E-state index contributed by atoms with van der Waals surface area (Å²) in [4.78, 5) is 21.2. The maximum absolute atomic E-state index is 12.8. The number of pyridine rings is 1. The van der Waals surface area contributed by atoms with Crippen LogP contribution in [-0.4, -0.2) is 36.0 Å². The van der Waals surface area contributed by atoms with Crippen LogP contribution in [0.1, 0.15) is 34.1 Å². The molecule has 0 atom stereocenters. The fourth-order valence-corrected chi connectivity index (χ4v) is 4.00. The first kappa shape index (κ1) is 20.1. The largest absolute Gasteiger partial charge is 0.353 e. The van der Waals surface area contributed by atoms with Crippen LogP contribution in [0.15, 0.2) is 42.5 Å². The first-order valence-corrected chi connectivity index (χ1v) is 10.5. The molecule has 0 spiro atoms. The summed E-state index contributed by atoms with van der Waals surface area (Å²) in [5.41, 5.74) is 8.16. The third-order valence-electron chi connectivity index (χ3n) is 5.82. The molecule has 0 saturated carbocycles. The molecule has 0 unspecified atom stereocenters. The number of rotatable bonds is 6. The normalized spacial score (nSPS) is 11.3. The van der Waals surface area contributed by atoms with Crippen LogP contribution >= 0.6 is 0 Å². The van der Waals surface area contributed by atoms with Gasteiger partial charge in [-0.25, -0.2) is 4.98 Å². The topological polar surface area (TPSA) is 69.8 Å². The van der Waals surface area contributed by atoms with E-state index in [1.807, 2.05) is 25.2 Å². The van der Waals surface area contributed by atoms with Gasteiger partial charge in [-0.15, -0.1) is 0 Å². The minimum absolute atomic E-state index is 0.154. The van der Waals surface area contributed by atoms with Crippen molar-refractivity contribution in [2.24, 2.45) is 0 Å². The van der Waals surface area contributed by atoms with Gasteiger partial charge in [0.15, 0.2) is 0 Å². The van der Waals surface area contributed by atoms with E-state index in [4.69, 9.17) is 4.98 Å². The van der Waals surface area contributed by atoms with E-state index in [1.165, 1.54) is 16.7 Å². The molecule has 0 bridgehead atoms. The number of aromatic nitrogens is 2. The van der Waals surface area contributed by atoms with Gasteiger partial charge in [-0.2, -0.15) is 0 Å². The third kappa shape index (κ3) is 3.57. The maximum atomic E-state index is 12.8. The van der Waals surface area contributed by atoms with E-state index in [0.717, 1.165) is 39.5 Å². The molecule has 0 aliphatic rings. The van der Waals surface area contributed by atoms with E-state index in [-0.39, 0.29) is 5.91 Å². The van der Waals surface area contributed by atoms with Crippen LogP contribution < -0.4 is 10.6 Å². The SMILES string of the molecule is CCc1cc(-c2nc(C(=O)NCCNC)cc3c2[nH]c2ccccc23)cc(C)c1C. The van der Waals surface area contributed by atoms with E-state index in [0.29, 0.717) is 18.8 Å². The van der Waals surface area contributed by atoms with Crippen LogP contribution in [0.4, 0.5) is 0 Å². The Balaban J connectivity index is 1.95. The lowest BCUT2D eigenvalue weighted by molar-refractivity contribution is 0.0949. The summed E-state index contributed by atoms with van der Waals surface area (Å²) in [5.74, 6) is -0.154. The van der Waals surface area contributed by atoms with Gasteiger partial charge in [-0.05, 0) is 68.3 Å². The van der Waals surface area contributed by atoms with Gasteiger partial charge in [0.05, 0.1) is 11.2 Å². The highest BCUT2D eigenvalue weighted by Crippen LogP contribution is 2.34. The highest BCUT2D eigenvalue weighted by atomic mass is 16.1. The average molecular weight is 401 g/mol. The van der Waals surface area contributed by atoms with Crippen LogP contribution in [0.5, 0.6) is 0 Å². The summed E-state index contributed by atoms with van der Waals surface area (Å²) in [7, 11) is 1.87. The lowest BCUT2D eigenvalue weighted by Gasteiger charge is -2.13. The Morgan fingerprint density at radius 1 is 1.07 bits per heavy atom. The van der Waals surface area contributed by atoms with E-state index in [9.17, 15) is 4.79 Å². The standard InChI is InChI=1S/C25H28N4O/c1-5-17-13-18(12-15(2)16(17)3)23-24-20(19-8-6-7-9-21(19)28-24)14-22(29-23)25(30)27-11-10-26-4/h6-9,12-14,26,28H,5,10-11H2,1-4H3,(H,27,30). The van der Waals surface area contributed by atoms with E-state index >= 15 is 0 Å². The van der Waals surface area contributed by atoms with Gasteiger partial charge in [0.25, 0.3) is 5.91 Å². The molecule has 0 saturated heterocycles. The zero-order chi connectivity index (χ0) is 21.3. The highest BCUT2D eigenvalue weighted by Gasteiger charge is 2.18. The van der Waals surface area contributed by atoms with E-state index in [2.05, 4.69) is 60.7 Å². The number of benzene rings is 2. The predicted octanol–water partition coefficient (Wildman–Crippen LogP) is 4.51. The fourth-order valence-electron chi connectivity index (χ4n) is 4.00. The number of H-pyrrole nitrogens is 1. The van der Waals surface area contributed by atoms with Crippen molar-refractivity contribution in [2.45, 2.75) is 27.2 Å². The van der Waals surface area contributed by atoms with Crippen LogP contribution in [0.3, 0.4) is 0 Å². The van der Waals surface area contributed by atoms with Gasteiger partial charge in [0.1, 0.15) is 5.69 Å². The lowest BCUT2D eigenvalue weighted by Crippen LogP contribution is -2.31. The zero-order valence-electron chi connectivity index (χ0n) is 18.0. The number of hydrogen-bond donors (Lipinski definition) is 3. The monoisotopic (exact) mass is 400 g/mol. The quantitative estimate of drug-likeness (QED) is 0.417. The maximum Gasteiger partial charge on any atom is 0.269 e. The molecular weight excluding hydrogens is 372 g/mol. The Morgan fingerprint density at radius 2 is 1.87 bits per heavy atom.